The highest BCUT2D eigenvalue weighted by Crippen LogP contribution is 2.37. The molecule has 1 aromatic rings. The summed E-state index contributed by atoms with van der Waals surface area (Å²) >= 11 is 0. The fourth-order valence-electron chi connectivity index (χ4n) is 2.16. The summed E-state index contributed by atoms with van der Waals surface area (Å²) in [7, 11) is 0. The first kappa shape index (κ1) is 13.3. The van der Waals surface area contributed by atoms with Crippen molar-refractivity contribution in [2.24, 2.45) is 5.73 Å². The molecule has 0 unspecified atom stereocenters. The van der Waals surface area contributed by atoms with Gasteiger partial charge in [0.25, 0.3) is 5.69 Å². The number of nitro benzene ring substituents is 1. The van der Waals surface area contributed by atoms with E-state index in [2.05, 4.69) is 5.32 Å². The van der Waals surface area contributed by atoms with E-state index in [1.807, 2.05) is 0 Å². The highest BCUT2D eigenvalue weighted by atomic mass is 16.6. The zero-order chi connectivity index (χ0) is 14.0. The number of hydrogen-bond donors (Lipinski definition) is 3. The van der Waals surface area contributed by atoms with E-state index in [9.17, 15) is 20.0 Å². The van der Waals surface area contributed by atoms with Gasteiger partial charge in [-0.2, -0.15) is 0 Å². The molecule has 0 atom stereocenters. The number of nitrogens with zero attached hydrogens (tertiary/aromatic N) is 1. The second-order valence-electron chi connectivity index (χ2n) is 4.77. The number of primary amides is 1. The van der Waals surface area contributed by atoms with Gasteiger partial charge in [-0.15, -0.1) is 0 Å². The van der Waals surface area contributed by atoms with Crippen molar-refractivity contribution in [2.75, 3.05) is 11.9 Å². The van der Waals surface area contributed by atoms with Crippen LogP contribution in [0.25, 0.3) is 0 Å². The number of aliphatic hydroxyl groups excluding tert-OH is 1. The van der Waals surface area contributed by atoms with Crippen molar-refractivity contribution in [3.05, 3.63) is 33.9 Å². The van der Waals surface area contributed by atoms with Gasteiger partial charge in [-0.25, -0.2) is 0 Å². The van der Waals surface area contributed by atoms with Crippen molar-refractivity contribution >= 4 is 17.3 Å². The molecular formula is C12H15N3O4. The SMILES string of the molecule is NC(=O)c1ccc([N+](=O)[O-])c(NC2(CO)CCC2)c1. The van der Waals surface area contributed by atoms with Gasteiger partial charge in [-0.05, 0) is 31.4 Å². The number of benzene rings is 1. The Balaban J connectivity index is 2.37. The minimum Gasteiger partial charge on any atom is -0.394 e. The van der Waals surface area contributed by atoms with Crippen LogP contribution in [0.2, 0.25) is 0 Å². The summed E-state index contributed by atoms with van der Waals surface area (Å²) in [6.45, 7) is -0.106. The number of hydrogen-bond acceptors (Lipinski definition) is 5. The van der Waals surface area contributed by atoms with E-state index < -0.39 is 16.4 Å². The van der Waals surface area contributed by atoms with Gasteiger partial charge in [-0.1, -0.05) is 0 Å². The third-order valence-corrected chi connectivity index (χ3v) is 3.49. The van der Waals surface area contributed by atoms with Crippen LogP contribution in [-0.4, -0.2) is 28.1 Å². The fraction of sp³-hybridized carbons (Fsp3) is 0.417. The van der Waals surface area contributed by atoms with Crippen molar-refractivity contribution in [3.8, 4) is 0 Å². The van der Waals surface area contributed by atoms with Gasteiger partial charge >= 0.3 is 0 Å². The number of rotatable bonds is 5. The molecule has 0 aliphatic heterocycles. The number of carbonyl (C=O) groups excluding carboxylic acids is 1. The van der Waals surface area contributed by atoms with E-state index in [0.717, 1.165) is 19.3 Å². The van der Waals surface area contributed by atoms with Gasteiger partial charge in [0.2, 0.25) is 5.91 Å². The lowest BCUT2D eigenvalue weighted by Crippen LogP contribution is -2.48. The second-order valence-corrected chi connectivity index (χ2v) is 4.77. The van der Waals surface area contributed by atoms with Crippen LogP contribution in [0.4, 0.5) is 11.4 Å². The van der Waals surface area contributed by atoms with Crippen LogP contribution in [0.3, 0.4) is 0 Å². The maximum atomic E-state index is 11.1. The van der Waals surface area contributed by atoms with Gasteiger partial charge in [0, 0.05) is 11.6 Å². The van der Waals surface area contributed by atoms with Crippen LogP contribution in [0.5, 0.6) is 0 Å². The zero-order valence-electron chi connectivity index (χ0n) is 10.3. The standard InChI is InChI=1S/C12H15N3O4/c13-11(17)8-2-3-10(15(18)19)9(6-8)14-12(7-16)4-1-5-12/h2-3,6,14,16H,1,4-5,7H2,(H2,13,17). The molecule has 7 heteroatoms. The number of amides is 1. The van der Waals surface area contributed by atoms with Crippen molar-refractivity contribution in [1.29, 1.82) is 0 Å². The quantitative estimate of drug-likeness (QED) is 0.542. The molecule has 102 valence electrons. The summed E-state index contributed by atoms with van der Waals surface area (Å²) in [6, 6.07) is 3.92. The highest BCUT2D eigenvalue weighted by molar-refractivity contribution is 5.94. The molecule has 0 bridgehead atoms. The Bertz CT molecular complexity index is 520. The number of nitro groups is 1. The lowest BCUT2D eigenvalue weighted by Gasteiger charge is -2.41. The minimum atomic E-state index is -0.649. The molecule has 0 saturated heterocycles. The molecule has 0 spiro atoms. The van der Waals surface area contributed by atoms with Crippen molar-refractivity contribution in [2.45, 2.75) is 24.8 Å². The van der Waals surface area contributed by atoms with Gasteiger partial charge in [0.1, 0.15) is 5.69 Å². The van der Waals surface area contributed by atoms with Crippen LogP contribution < -0.4 is 11.1 Å². The number of nitrogens with two attached hydrogens (primary N) is 1. The van der Waals surface area contributed by atoms with E-state index in [-0.39, 0.29) is 23.5 Å². The lowest BCUT2D eigenvalue weighted by molar-refractivity contribution is -0.384. The summed E-state index contributed by atoms with van der Waals surface area (Å²) in [5.74, 6) is -0.649. The topological polar surface area (TPSA) is 118 Å². The third kappa shape index (κ3) is 2.50. The molecule has 1 aliphatic rings. The number of aliphatic hydroxyl groups is 1. The molecule has 2 rings (SSSR count). The molecule has 19 heavy (non-hydrogen) atoms. The molecule has 1 aliphatic carbocycles. The minimum absolute atomic E-state index is 0.106. The third-order valence-electron chi connectivity index (χ3n) is 3.49. The Kier molecular flexibility index (Phi) is 3.39. The molecular weight excluding hydrogens is 250 g/mol. The van der Waals surface area contributed by atoms with Gasteiger partial charge in [0.15, 0.2) is 0 Å². The molecule has 7 nitrogen and oxygen atoms in total. The first-order chi connectivity index (χ1) is 8.97. The Labute approximate surface area is 109 Å². The van der Waals surface area contributed by atoms with E-state index in [1.54, 1.807) is 0 Å². The molecule has 0 aromatic heterocycles. The average molecular weight is 265 g/mol. The lowest BCUT2D eigenvalue weighted by atomic mass is 9.77. The van der Waals surface area contributed by atoms with Crippen LogP contribution in [0, 0.1) is 10.1 Å². The predicted molar refractivity (Wildman–Crippen MR) is 68.9 cm³/mol. The molecule has 1 saturated carbocycles. The maximum absolute atomic E-state index is 11.1. The Morgan fingerprint density at radius 1 is 1.53 bits per heavy atom. The normalized spacial score (nSPS) is 16.5. The van der Waals surface area contributed by atoms with Crippen LogP contribution in [0.1, 0.15) is 29.6 Å². The maximum Gasteiger partial charge on any atom is 0.292 e. The van der Waals surface area contributed by atoms with E-state index in [0.29, 0.717) is 0 Å². The summed E-state index contributed by atoms with van der Waals surface area (Å²) in [5.41, 5.74) is 4.92. The van der Waals surface area contributed by atoms with Gasteiger partial charge in [-0.3, -0.25) is 14.9 Å². The molecule has 1 amide bonds. The Morgan fingerprint density at radius 3 is 2.63 bits per heavy atom. The molecule has 0 heterocycles. The van der Waals surface area contributed by atoms with Gasteiger partial charge in [0.05, 0.1) is 17.1 Å². The monoisotopic (exact) mass is 265 g/mol. The second kappa shape index (κ2) is 4.85. The molecule has 1 aromatic carbocycles. The summed E-state index contributed by atoms with van der Waals surface area (Å²) in [5, 5.41) is 23.3. The smallest absolute Gasteiger partial charge is 0.292 e. The molecule has 0 radical (unpaired) electrons. The fourth-order valence-corrected chi connectivity index (χ4v) is 2.16. The van der Waals surface area contributed by atoms with Crippen LogP contribution in [0.15, 0.2) is 18.2 Å². The van der Waals surface area contributed by atoms with Crippen molar-refractivity contribution in [3.63, 3.8) is 0 Å². The Morgan fingerprint density at radius 2 is 2.21 bits per heavy atom. The average Bonchev–Trinajstić information content (AvgIpc) is 2.33. The number of carbonyl (C=O) groups is 1. The molecule has 4 N–H and O–H groups in total. The van der Waals surface area contributed by atoms with Crippen LogP contribution >= 0.6 is 0 Å². The van der Waals surface area contributed by atoms with Gasteiger partial charge < -0.3 is 16.2 Å². The first-order valence-electron chi connectivity index (χ1n) is 5.95. The van der Waals surface area contributed by atoms with E-state index >= 15 is 0 Å². The first-order valence-corrected chi connectivity index (χ1v) is 5.95. The van der Waals surface area contributed by atoms with E-state index in [4.69, 9.17) is 5.73 Å². The Hall–Kier alpha value is -2.15. The molecule has 1 fully saturated rings. The predicted octanol–water partition coefficient (Wildman–Crippen LogP) is 1.02. The summed E-state index contributed by atoms with van der Waals surface area (Å²) < 4.78 is 0. The van der Waals surface area contributed by atoms with Crippen LogP contribution in [-0.2, 0) is 0 Å². The van der Waals surface area contributed by atoms with E-state index in [1.165, 1.54) is 18.2 Å². The van der Waals surface area contributed by atoms with Crippen molar-refractivity contribution in [1.82, 2.24) is 0 Å². The zero-order valence-corrected chi connectivity index (χ0v) is 10.3. The number of anilines is 1. The summed E-state index contributed by atoms with van der Waals surface area (Å²) in [6.07, 6.45) is 2.43. The largest absolute Gasteiger partial charge is 0.394 e. The van der Waals surface area contributed by atoms with Crippen molar-refractivity contribution < 1.29 is 14.8 Å². The summed E-state index contributed by atoms with van der Waals surface area (Å²) in [4.78, 5) is 21.6. The highest BCUT2D eigenvalue weighted by Gasteiger charge is 2.37. The number of nitrogens with one attached hydrogen (secondary N) is 1.